The molecule has 1 aromatic carbocycles. The SMILES string of the molecule is CNC(=O)COc1ccc(-c2cc3nccnc3c(NCC3CN(C(=O)C(F)F)CCO3)n2)cc1. The van der Waals surface area contributed by atoms with E-state index in [0.717, 1.165) is 10.5 Å². The highest BCUT2D eigenvalue weighted by atomic mass is 19.3. The summed E-state index contributed by atoms with van der Waals surface area (Å²) in [5.74, 6) is -0.444. The molecule has 0 aliphatic carbocycles. The van der Waals surface area contributed by atoms with Crippen LogP contribution >= 0.6 is 0 Å². The lowest BCUT2D eigenvalue weighted by Crippen LogP contribution is -2.49. The molecule has 1 saturated heterocycles. The summed E-state index contributed by atoms with van der Waals surface area (Å²) in [7, 11) is 1.54. The number of anilines is 1. The number of benzene rings is 1. The summed E-state index contributed by atoms with van der Waals surface area (Å²) in [6, 6.07) is 8.89. The summed E-state index contributed by atoms with van der Waals surface area (Å²) in [4.78, 5) is 37.5. The fourth-order valence-corrected chi connectivity index (χ4v) is 3.58. The fourth-order valence-electron chi connectivity index (χ4n) is 3.58. The van der Waals surface area contributed by atoms with Crippen LogP contribution in [0.3, 0.4) is 0 Å². The van der Waals surface area contributed by atoms with Crippen molar-refractivity contribution in [1.82, 2.24) is 25.2 Å². The van der Waals surface area contributed by atoms with Crippen LogP contribution in [0.5, 0.6) is 5.75 Å². The molecule has 1 aliphatic heterocycles. The number of halogens is 2. The quantitative estimate of drug-likeness (QED) is 0.494. The number of morpholine rings is 1. The average molecular weight is 486 g/mol. The summed E-state index contributed by atoms with van der Waals surface area (Å²) in [5, 5.41) is 5.66. The van der Waals surface area contributed by atoms with Gasteiger partial charge in [0.05, 0.1) is 23.9 Å². The number of ether oxygens (including phenoxy) is 2. The average Bonchev–Trinajstić information content (AvgIpc) is 2.90. The van der Waals surface area contributed by atoms with E-state index in [-0.39, 0.29) is 38.8 Å². The van der Waals surface area contributed by atoms with Gasteiger partial charge < -0.3 is 25.0 Å². The van der Waals surface area contributed by atoms with Crippen molar-refractivity contribution < 1.29 is 27.8 Å². The van der Waals surface area contributed by atoms with Crippen LogP contribution < -0.4 is 15.4 Å². The van der Waals surface area contributed by atoms with E-state index >= 15 is 0 Å². The second-order valence-corrected chi connectivity index (χ2v) is 7.73. The first-order chi connectivity index (χ1) is 16.9. The maximum Gasteiger partial charge on any atom is 0.315 e. The Hall–Kier alpha value is -3.93. The number of hydrogen-bond acceptors (Lipinski definition) is 8. The topological polar surface area (TPSA) is 119 Å². The number of alkyl halides is 2. The van der Waals surface area contributed by atoms with Crippen LogP contribution in [-0.2, 0) is 14.3 Å². The normalized spacial score (nSPS) is 15.8. The first kappa shape index (κ1) is 24.2. The smallest absolute Gasteiger partial charge is 0.315 e. The lowest BCUT2D eigenvalue weighted by atomic mass is 10.1. The van der Waals surface area contributed by atoms with E-state index in [2.05, 4.69) is 25.6 Å². The molecule has 184 valence electrons. The van der Waals surface area contributed by atoms with Gasteiger partial charge in [0.1, 0.15) is 11.3 Å². The Labute approximate surface area is 199 Å². The largest absolute Gasteiger partial charge is 0.484 e. The number of nitrogens with zero attached hydrogens (tertiary/aromatic N) is 4. The van der Waals surface area contributed by atoms with Crippen molar-refractivity contribution in [3.8, 4) is 17.0 Å². The second-order valence-electron chi connectivity index (χ2n) is 7.73. The zero-order valence-electron chi connectivity index (χ0n) is 18.9. The van der Waals surface area contributed by atoms with Crippen molar-refractivity contribution in [2.24, 2.45) is 0 Å². The van der Waals surface area contributed by atoms with E-state index in [1.165, 1.54) is 7.05 Å². The number of hydrogen-bond donors (Lipinski definition) is 2. The van der Waals surface area contributed by atoms with E-state index in [0.29, 0.717) is 28.3 Å². The van der Waals surface area contributed by atoms with Crippen LogP contribution in [0.2, 0.25) is 0 Å². The number of nitrogens with one attached hydrogen (secondary N) is 2. The number of fused-ring (bicyclic) bond motifs is 1. The molecule has 1 unspecified atom stereocenters. The zero-order valence-corrected chi connectivity index (χ0v) is 18.9. The van der Waals surface area contributed by atoms with Crippen molar-refractivity contribution >= 4 is 28.7 Å². The predicted molar refractivity (Wildman–Crippen MR) is 123 cm³/mol. The fraction of sp³-hybridized carbons (Fsp3) is 0.348. The van der Waals surface area contributed by atoms with Gasteiger partial charge in [-0.1, -0.05) is 0 Å². The van der Waals surface area contributed by atoms with Crippen molar-refractivity contribution in [2.75, 3.05) is 45.2 Å². The number of amides is 2. The second kappa shape index (κ2) is 11.0. The Balaban J connectivity index is 1.51. The van der Waals surface area contributed by atoms with Gasteiger partial charge in [0, 0.05) is 44.6 Å². The molecular formula is C23H24F2N6O4. The predicted octanol–water partition coefficient (Wildman–Crippen LogP) is 1.72. The zero-order chi connectivity index (χ0) is 24.8. The van der Waals surface area contributed by atoms with E-state index in [1.807, 2.05) is 12.1 Å². The molecule has 0 spiro atoms. The molecule has 0 radical (unpaired) electrons. The monoisotopic (exact) mass is 486 g/mol. The summed E-state index contributed by atoms with van der Waals surface area (Å²) in [5.41, 5.74) is 2.56. The molecule has 3 aromatic rings. The van der Waals surface area contributed by atoms with E-state index in [1.54, 1.807) is 30.6 Å². The molecule has 0 bridgehead atoms. The van der Waals surface area contributed by atoms with Gasteiger partial charge in [-0.3, -0.25) is 14.6 Å². The number of pyridine rings is 1. The van der Waals surface area contributed by atoms with Gasteiger partial charge in [-0.05, 0) is 30.3 Å². The van der Waals surface area contributed by atoms with Crippen molar-refractivity contribution in [1.29, 1.82) is 0 Å². The van der Waals surface area contributed by atoms with Crippen LogP contribution in [-0.4, -0.2) is 84.1 Å². The minimum Gasteiger partial charge on any atom is -0.484 e. The molecule has 10 nitrogen and oxygen atoms in total. The third-order valence-corrected chi connectivity index (χ3v) is 5.39. The Kier molecular flexibility index (Phi) is 7.60. The van der Waals surface area contributed by atoms with E-state index in [9.17, 15) is 18.4 Å². The first-order valence-corrected chi connectivity index (χ1v) is 10.9. The molecule has 0 saturated carbocycles. The highest BCUT2D eigenvalue weighted by Gasteiger charge is 2.29. The molecule has 1 atom stereocenters. The van der Waals surface area contributed by atoms with Crippen LogP contribution in [0.15, 0.2) is 42.7 Å². The van der Waals surface area contributed by atoms with Gasteiger partial charge in [-0.2, -0.15) is 8.78 Å². The van der Waals surface area contributed by atoms with Crippen LogP contribution in [0.25, 0.3) is 22.3 Å². The Morgan fingerprint density at radius 1 is 1.23 bits per heavy atom. The standard InChI is InChI=1S/C23H24F2N6O4/c1-26-19(32)13-35-15-4-2-14(3-5-15)17-10-18-20(28-7-6-27-18)22(30-17)29-11-16-12-31(8-9-34-16)23(33)21(24)25/h2-7,10,16,21H,8-9,11-13H2,1H3,(H,26,32)(H,29,30). The minimum atomic E-state index is -3.04. The molecule has 2 amide bonds. The van der Waals surface area contributed by atoms with E-state index < -0.39 is 18.4 Å². The van der Waals surface area contributed by atoms with Crippen LogP contribution in [0, 0.1) is 0 Å². The molecule has 35 heavy (non-hydrogen) atoms. The van der Waals surface area contributed by atoms with Gasteiger partial charge >= 0.3 is 6.43 Å². The number of likely N-dealkylation sites (N-methyl/N-ethyl adjacent to an activating group) is 1. The summed E-state index contributed by atoms with van der Waals surface area (Å²) in [6.45, 7) is 0.507. The van der Waals surface area contributed by atoms with Crippen LogP contribution in [0.4, 0.5) is 14.6 Å². The summed E-state index contributed by atoms with van der Waals surface area (Å²) < 4.78 is 36.7. The lowest BCUT2D eigenvalue weighted by Gasteiger charge is -2.32. The molecular weight excluding hydrogens is 462 g/mol. The molecule has 12 heteroatoms. The first-order valence-electron chi connectivity index (χ1n) is 10.9. The minimum absolute atomic E-state index is 0.0526. The Morgan fingerprint density at radius 2 is 2.00 bits per heavy atom. The molecule has 3 heterocycles. The number of carbonyl (C=O) groups is 2. The molecule has 2 N–H and O–H groups in total. The molecule has 1 aliphatic rings. The van der Waals surface area contributed by atoms with Crippen molar-refractivity contribution in [3.63, 3.8) is 0 Å². The third kappa shape index (κ3) is 5.96. The van der Waals surface area contributed by atoms with Gasteiger partial charge in [0.25, 0.3) is 11.8 Å². The number of aromatic nitrogens is 3. The van der Waals surface area contributed by atoms with E-state index in [4.69, 9.17) is 9.47 Å². The van der Waals surface area contributed by atoms with Gasteiger partial charge in [0.15, 0.2) is 12.4 Å². The summed E-state index contributed by atoms with van der Waals surface area (Å²) in [6.07, 6.45) is -0.405. The van der Waals surface area contributed by atoms with Crippen LogP contribution in [0.1, 0.15) is 0 Å². The Morgan fingerprint density at radius 3 is 2.74 bits per heavy atom. The number of rotatable bonds is 8. The highest BCUT2D eigenvalue weighted by molar-refractivity contribution is 5.88. The van der Waals surface area contributed by atoms with Gasteiger partial charge in [0.2, 0.25) is 0 Å². The van der Waals surface area contributed by atoms with Crippen molar-refractivity contribution in [2.45, 2.75) is 12.5 Å². The molecule has 1 fully saturated rings. The highest BCUT2D eigenvalue weighted by Crippen LogP contribution is 2.27. The maximum absolute atomic E-state index is 12.8. The Bertz CT molecular complexity index is 1190. The van der Waals surface area contributed by atoms with Gasteiger partial charge in [-0.15, -0.1) is 0 Å². The third-order valence-electron chi connectivity index (χ3n) is 5.39. The molecule has 2 aromatic heterocycles. The molecule has 4 rings (SSSR count). The maximum atomic E-state index is 12.8. The van der Waals surface area contributed by atoms with Crippen molar-refractivity contribution in [3.05, 3.63) is 42.7 Å². The van der Waals surface area contributed by atoms with Gasteiger partial charge in [-0.25, -0.2) is 9.97 Å². The summed E-state index contributed by atoms with van der Waals surface area (Å²) >= 11 is 0. The lowest BCUT2D eigenvalue weighted by molar-refractivity contribution is -0.149. The number of carbonyl (C=O) groups excluding carboxylic acids is 2.